The van der Waals surface area contributed by atoms with Crippen LogP contribution in [0.5, 0.6) is 5.75 Å². The van der Waals surface area contributed by atoms with E-state index in [-0.39, 0.29) is 0 Å². The highest BCUT2D eigenvalue weighted by Crippen LogP contribution is 2.39. The molecular formula is C19H21BO3. The first kappa shape index (κ1) is 15.8. The molecule has 23 heavy (non-hydrogen) atoms. The highest BCUT2D eigenvalue weighted by molar-refractivity contribution is 6.52. The molecule has 3 nitrogen and oxygen atoms in total. The Hall–Kier alpha value is -2.04. The fourth-order valence-electron chi connectivity index (χ4n) is 3.10. The van der Waals surface area contributed by atoms with Gasteiger partial charge in [0.1, 0.15) is 12.4 Å². The van der Waals surface area contributed by atoms with Crippen LogP contribution in [0, 0.1) is 6.92 Å². The second-order valence-electron chi connectivity index (χ2n) is 6.00. The molecule has 0 atom stereocenters. The maximum Gasteiger partial charge on any atom is 0.484 e. The smallest absolute Gasteiger partial charge is 0.484 e. The van der Waals surface area contributed by atoms with Gasteiger partial charge in [-0.15, -0.1) is 0 Å². The fourth-order valence-corrected chi connectivity index (χ4v) is 3.10. The average molecular weight is 308 g/mol. The summed E-state index contributed by atoms with van der Waals surface area (Å²) in [5.41, 5.74) is 4.98. The molecule has 0 fully saturated rings. The van der Waals surface area contributed by atoms with Gasteiger partial charge in [0.05, 0.1) is 0 Å². The minimum Gasteiger partial charge on any atom is -0.488 e. The van der Waals surface area contributed by atoms with Crippen LogP contribution in [-0.2, 0) is 6.61 Å². The van der Waals surface area contributed by atoms with Crippen molar-refractivity contribution in [3.8, 4) is 5.75 Å². The van der Waals surface area contributed by atoms with Crippen LogP contribution < -0.4 is 4.74 Å². The van der Waals surface area contributed by atoms with Crippen molar-refractivity contribution in [2.24, 2.45) is 0 Å². The first-order chi connectivity index (χ1) is 11.1. The number of rotatable bonds is 5. The Labute approximate surface area is 137 Å². The standard InChI is InChI=1S/C19H21BO3/c1-14-10-11-19(23-13-15-6-3-2-4-7-15)17(12-14)16-8-5-9-18(16)20(21)22/h2-4,6-7,10-12,21-22H,5,8-9,13H2,1H3. The average Bonchev–Trinajstić information content (AvgIpc) is 3.04. The van der Waals surface area contributed by atoms with E-state index in [9.17, 15) is 10.0 Å². The second kappa shape index (κ2) is 7.03. The van der Waals surface area contributed by atoms with Crippen LogP contribution in [0.1, 0.15) is 36.0 Å². The Morgan fingerprint density at radius 2 is 1.83 bits per heavy atom. The summed E-state index contributed by atoms with van der Waals surface area (Å²) in [6.07, 6.45) is 2.55. The predicted octanol–water partition coefficient (Wildman–Crippen LogP) is 3.52. The lowest BCUT2D eigenvalue weighted by molar-refractivity contribution is 0.305. The van der Waals surface area contributed by atoms with Crippen molar-refractivity contribution in [1.29, 1.82) is 0 Å². The Kier molecular flexibility index (Phi) is 4.84. The molecule has 0 bridgehead atoms. The molecule has 3 rings (SSSR count). The zero-order valence-corrected chi connectivity index (χ0v) is 13.3. The van der Waals surface area contributed by atoms with Crippen LogP contribution in [0.15, 0.2) is 54.0 Å². The third-order valence-electron chi connectivity index (χ3n) is 4.27. The van der Waals surface area contributed by atoms with Crippen LogP contribution in [0.4, 0.5) is 0 Å². The van der Waals surface area contributed by atoms with E-state index in [4.69, 9.17) is 4.74 Å². The SMILES string of the molecule is Cc1ccc(OCc2ccccc2)c(C2=C(B(O)O)CCC2)c1. The van der Waals surface area contributed by atoms with Gasteiger partial charge in [-0.2, -0.15) is 0 Å². The third-order valence-corrected chi connectivity index (χ3v) is 4.27. The molecule has 0 radical (unpaired) electrons. The maximum atomic E-state index is 9.61. The van der Waals surface area contributed by atoms with Crippen molar-refractivity contribution in [3.05, 3.63) is 70.7 Å². The van der Waals surface area contributed by atoms with Gasteiger partial charge >= 0.3 is 7.12 Å². The van der Waals surface area contributed by atoms with Gasteiger partial charge in [-0.1, -0.05) is 42.0 Å². The van der Waals surface area contributed by atoms with Gasteiger partial charge in [0.15, 0.2) is 0 Å². The number of hydrogen-bond donors (Lipinski definition) is 2. The molecule has 0 saturated carbocycles. The van der Waals surface area contributed by atoms with Gasteiger partial charge < -0.3 is 14.8 Å². The van der Waals surface area contributed by atoms with Crippen LogP contribution in [0.25, 0.3) is 5.57 Å². The molecule has 1 aliphatic carbocycles. The summed E-state index contributed by atoms with van der Waals surface area (Å²) < 4.78 is 6.02. The van der Waals surface area contributed by atoms with Crippen LogP contribution in [0.2, 0.25) is 0 Å². The summed E-state index contributed by atoms with van der Waals surface area (Å²) >= 11 is 0. The lowest BCUT2D eigenvalue weighted by atomic mass is 9.75. The van der Waals surface area contributed by atoms with Crippen LogP contribution in [-0.4, -0.2) is 17.2 Å². The summed E-state index contributed by atoms with van der Waals surface area (Å²) in [5, 5.41) is 19.2. The monoisotopic (exact) mass is 308 g/mol. The number of allylic oxidation sites excluding steroid dienone is 2. The number of aryl methyl sites for hydroxylation is 1. The van der Waals surface area contributed by atoms with E-state index >= 15 is 0 Å². The van der Waals surface area contributed by atoms with E-state index in [1.807, 2.05) is 49.4 Å². The highest BCUT2D eigenvalue weighted by atomic mass is 16.5. The van der Waals surface area contributed by atoms with Gasteiger partial charge in [0.2, 0.25) is 0 Å². The zero-order valence-electron chi connectivity index (χ0n) is 13.3. The van der Waals surface area contributed by atoms with Crippen molar-refractivity contribution in [2.45, 2.75) is 32.8 Å². The first-order valence-corrected chi connectivity index (χ1v) is 8.01. The molecule has 0 heterocycles. The molecule has 0 amide bonds. The van der Waals surface area contributed by atoms with E-state index < -0.39 is 7.12 Å². The zero-order chi connectivity index (χ0) is 16.2. The molecule has 118 valence electrons. The minimum atomic E-state index is -1.38. The Morgan fingerprint density at radius 3 is 2.57 bits per heavy atom. The predicted molar refractivity (Wildman–Crippen MR) is 92.9 cm³/mol. The van der Waals surface area contributed by atoms with Gasteiger partial charge in [-0.3, -0.25) is 0 Å². The second-order valence-corrected chi connectivity index (χ2v) is 6.00. The first-order valence-electron chi connectivity index (χ1n) is 8.01. The normalized spacial score (nSPS) is 14.2. The maximum absolute atomic E-state index is 9.61. The minimum absolute atomic E-state index is 0.501. The van der Waals surface area contributed by atoms with Gasteiger partial charge in [0.25, 0.3) is 0 Å². The van der Waals surface area contributed by atoms with Gasteiger partial charge in [0, 0.05) is 5.56 Å². The molecule has 2 aromatic rings. The number of ether oxygens (including phenoxy) is 1. The summed E-state index contributed by atoms with van der Waals surface area (Å²) in [6.45, 7) is 2.54. The van der Waals surface area contributed by atoms with E-state index in [2.05, 4.69) is 6.07 Å². The van der Waals surface area contributed by atoms with Gasteiger partial charge in [-0.05, 0) is 54.9 Å². The molecule has 0 aliphatic heterocycles. The summed E-state index contributed by atoms with van der Waals surface area (Å²) in [4.78, 5) is 0. The summed E-state index contributed by atoms with van der Waals surface area (Å²) in [6, 6.07) is 16.1. The molecule has 1 aliphatic rings. The van der Waals surface area contributed by atoms with Crippen molar-refractivity contribution in [3.63, 3.8) is 0 Å². The van der Waals surface area contributed by atoms with Gasteiger partial charge in [-0.25, -0.2) is 0 Å². The molecule has 2 N–H and O–H groups in total. The van der Waals surface area contributed by atoms with Crippen molar-refractivity contribution in [1.82, 2.24) is 0 Å². The lowest BCUT2D eigenvalue weighted by Gasteiger charge is -2.15. The molecule has 0 aromatic heterocycles. The Balaban J connectivity index is 1.91. The van der Waals surface area contributed by atoms with Crippen LogP contribution >= 0.6 is 0 Å². The number of benzene rings is 2. The van der Waals surface area contributed by atoms with E-state index in [0.29, 0.717) is 6.61 Å². The molecule has 0 saturated heterocycles. The highest BCUT2D eigenvalue weighted by Gasteiger charge is 2.26. The summed E-state index contributed by atoms with van der Waals surface area (Å²) in [5.74, 6) is 0.800. The van der Waals surface area contributed by atoms with Crippen molar-refractivity contribution >= 4 is 12.7 Å². The van der Waals surface area contributed by atoms with E-state index in [0.717, 1.165) is 52.7 Å². The Bertz CT molecular complexity index is 708. The third kappa shape index (κ3) is 3.66. The lowest BCUT2D eigenvalue weighted by Crippen LogP contribution is -2.15. The van der Waals surface area contributed by atoms with E-state index in [1.54, 1.807) is 0 Å². The molecular weight excluding hydrogens is 287 g/mol. The molecule has 0 spiro atoms. The van der Waals surface area contributed by atoms with Crippen molar-refractivity contribution in [2.75, 3.05) is 0 Å². The van der Waals surface area contributed by atoms with Crippen LogP contribution in [0.3, 0.4) is 0 Å². The molecule has 2 aromatic carbocycles. The Morgan fingerprint density at radius 1 is 1.04 bits per heavy atom. The molecule has 4 heteroatoms. The fraction of sp³-hybridized carbons (Fsp3) is 0.263. The number of hydrogen-bond acceptors (Lipinski definition) is 3. The largest absolute Gasteiger partial charge is 0.488 e. The van der Waals surface area contributed by atoms with Crippen molar-refractivity contribution < 1.29 is 14.8 Å². The van der Waals surface area contributed by atoms with E-state index in [1.165, 1.54) is 0 Å². The topological polar surface area (TPSA) is 49.7 Å². The molecule has 0 unspecified atom stereocenters. The summed E-state index contributed by atoms with van der Waals surface area (Å²) in [7, 11) is -1.38. The quantitative estimate of drug-likeness (QED) is 0.831.